The number of carbonyl (C=O) groups is 2. The van der Waals surface area contributed by atoms with Gasteiger partial charge in [0.1, 0.15) is 17.4 Å². The van der Waals surface area contributed by atoms with Crippen molar-refractivity contribution in [2.45, 2.75) is 19.4 Å². The largest absolute Gasteiger partial charge is 0.380 e. The predicted molar refractivity (Wildman–Crippen MR) is 122 cm³/mol. The number of aryl methyl sites for hydroxylation is 1. The summed E-state index contributed by atoms with van der Waals surface area (Å²) in [5.41, 5.74) is 2.80. The van der Waals surface area contributed by atoms with Gasteiger partial charge in [-0.2, -0.15) is 0 Å². The fraction of sp³-hybridized carbons (Fsp3) is 0.348. The number of H-pyrrole nitrogens is 1. The van der Waals surface area contributed by atoms with E-state index in [1.165, 1.54) is 6.20 Å². The van der Waals surface area contributed by atoms with Gasteiger partial charge in [0.05, 0.1) is 23.7 Å². The highest BCUT2D eigenvalue weighted by Gasteiger charge is 2.51. The van der Waals surface area contributed by atoms with Crippen molar-refractivity contribution in [1.29, 1.82) is 0 Å². The molecular formula is C23H22Cl2N4O3. The van der Waals surface area contributed by atoms with Crippen LogP contribution in [0.2, 0.25) is 10.0 Å². The van der Waals surface area contributed by atoms with Gasteiger partial charge < -0.3 is 19.9 Å². The van der Waals surface area contributed by atoms with Crippen molar-refractivity contribution in [3.63, 3.8) is 0 Å². The summed E-state index contributed by atoms with van der Waals surface area (Å²) in [5, 5.41) is 4.68. The zero-order valence-electron chi connectivity index (χ0n) is 17.5. The maximum absolute atomic E-state index is 13.3. The molecule has 5 rings (SSSR count). The number of likely N-dealkylation sites (tertiary alicyclic amines) is 1. The summed E-state index contributed by atoms with van der Waals surface area (Å²) in [6.45, 7) is 4.62. The first-order chi connectivity index (χ1) is 15.3. The standard InChI is InChI=1S/C23H22Cl2N4O3/c1-13-2-3-14(17(25)4-13)6-19(22(31)29-9-23(10-29)11-32-12-23)28-21(30)18-7-15-5-16(24)8-26-20(15)27-18/h2-5,7-8,19H,6,9-12H2,1H3,(H,26,27)(H,28,30). The number of hydrogen-bond acceptors (Lipinski definition) is 4. The Balaban J connectivity index is 1.37. The van der Waals surface area contributed by atoms with Gasteiger partial charge in [0.25, 0.3) is 5.91 Å². The van der Waals surface area contributed by atoms with Crippen LogP contribution in [0, 0.1) is 12.3 Å². The van der Waals surface area contributed by atoms with E-state index in [2.05, 4.69) is 15.3 Å². The molecule has 1 spiro atoms. The second kappa shape index (κ2) is 8.06. The number of ether oxygens (including phenoxy) is 1. The number of aromatic nitrogens is 2. The highest BCUT2D eigenvalue weighted by atomic mass is 35.5. The Morgan fingerprint density at radius 3 is 2.72 bits per heavy atom. The molecule has 166 valence electrons. The zero-order chi connectivity index (χ0) is 22.5. The molecule has 1 unspecified atom stereocenters. The lowest BCUT2D eigenvalue weighted by Crippen LogP contribution is -2.69. The van der Waals surface area contributed by atoms with Crippen molar-refractivity contribution in [1.82, 2.24) is 20.2 Å². The third kappa shape index (κ3) is 3.96. The molecule has 2 N–H and O–H groups in total. The smallest absolute Gasteiger partial charge is 0.268 e. The topological polar surface area (TPSA) is 87.3 Å². The van der Waals surface area contributed by atoms with E-state index in [9.17, 15) is 9.59 Å². The number of benzene rings is 1. The molecule has 1 atom stereocenters. The number of nitrogens with zero attached hydrogens (tertiary/aromatic N) is 2. The second-order valence-electron chi connectivity index (χ2n) is 8.79. The van der Waals surface area contributed by atoms with Gasteiger partial charge in [-0.1, -0.05) is 35.3 Å². The van der Waals surface area contributed by atoms with Crippen molar-refractivity contribution >= 4 is 46.0 Å². The number of rotatable bonds is 5. The fourth-order valence-corrected chi connectivity index (χ4v) is 4.78. The van der Waals surface area contributed by atoms with E-state index in [0.717, 1.165) is 16.5 Å². The van der Waals surface area contributed by atoms with E-state index in [0.29, 0.717) is 54.1 Å². The summed E-state index contributed by atoms with van der Waals surface area (Å²) in [5.74, 6) is -0.507. The molecule has 1 aromatic carbocycles. The van der Waals surface area contributed by atoms with Crippen LogP contribution < -0.4 is 5.32 Å². The Labute approximate surface area is 195 Å². The lowest BCUT2D eigenvalue weighted by atomic mass is 9.77. The molecule has 0 aliphatic carbocycles. The minimum Gasteiger partial charge on any atom is -0.380 e. The average Bonchev–Trinajstić information content (AvgIpc) is 3.10. The Morgan fingerprint density at radius 1 is 1.25 bits per heavy atom. The Kier molecular flexibility index (Phi) is 5.35. The molecule has 0 bridgehead atoms. The minimum absolute atomic E-state index is 0.0911. The van der Waals surface area contributed by atoms with Crippen LogP contribution in [-0.4, -0.2) is 59.0 Å². The average molecular weight is 473 g/mol. The fourth-order valence-electron chi connectivity index (χ4n) is 4.30. The van der Waals surface area contributed by atoms with Gasteiger partial charge >= 0.3 is 0 Å². The summed E-state index contributed by atoms with van der Waals surface area (Å²) < 4.78 is 5.31. The van der Waals surface area contributed by atoms with E-state index >= 15 is 0 Å². The molecule has 4 heterocycles. The normalized spacial score (nSPS) is 17.7. The number of amides is 2. The van der Waals surface area contributed by atoms with Crippen LogP contribution in [0.4, 0.5) is 0 Å². The monoisotopic (exact) mass is 472 g/mol. The van der Waals surface area contributed by atoms with Gasteiger partial charge in [-0.05, 0) is 36.2 Å². The molecule has 0 saturated carbocycles. The first kappa shape index (κ1) is 21.2. The zero-order valence-corrected chi connectivity index (χ0v) is 19.0. The number of aromatic amines is 1. The van der Waals surface area contributed by atoms with Crippen LogP contribution in [0.3, 0.4) is 0 Å². The maximum Gasteiger partial charge on any atom is 0.268 e. The van der Waals surface area contributed by atoms with E-state index in [1.807, 2.05) is 25.1 Å². The molecule has 3 aromatic rings. The number of hydrogen-bond donors (Lipinski definition) is 2. The third-order valence-electron chi connectivity index (χ3n) is 6.10. The molecule has 9 heteroatoms. The second-order valence-corrected chi connectivity index (χ2v) is 9.63. The molecule has 32 heavy (non-hydrogen) atoms. The highest BCUT2D eigenvalue weighted by molar-refractivity contribution is 6.31. The van der Waals surface area contributed by atoms with Crippen LogP contribution >= 0.6 is 23.2 Å². The van der Waals surface area contributed by atoms with E-state index in [1.54, 1.807) is 17.0 Å². The minimum atomic E-state index is -0.746. The molecule has 2 aliphatic heterocycles. The quantitative estimate of drug-likeness (QED) is 0.595. The van der Waals surface area contributed by atoms with Gasteiger partial charge in [0.2, 0.25) is 5.91 Å². The summed E-state index contributed by atoms with van der Waals surface area (Å²) in [7, 11) is 0. The predicted octanol–water partition coefficient (Wildman–Crippen LogP) is 3.38. The molecule has 2 aliphatic rings. The molecular weight excluding hydrogens is 451 g/mol. The van der Waals surface area contributed by atoms with E-state index in [-0.39, 0.29) is 17.2 Å². The molecule has 0 radical (unpaired) electrons. The van der Waals surface area contributed by atoms with Crippen LogP contribution in [0.25, 0.3) is 11.0 Å². The van der Waals surface area contributed by atoms with Crippen LogP contribution in [-0.2, 0) is 16.0 Å². The van der Waals surface area contributed by atoms with Crippen molar-refractivity contribution < 1.29 is 14.3 Å². The summed E-state index contributed by atoms with van der Waals surface area (Å²) in [4.78, 5) is 35.3. The first-order valence-corrected chi connectivity index (χ1v) is 11.1. The van der Waals surface area contributed by atoms with Gasteiger partial charge in [-0.25, -0.2) is 4.98 Å². The Bertz CT molecular complexity index is 1210. The van der Waals surface area contributed by atoms with Gasteiger partial charge in [0.15, 0.2) is 0 Å². The number of pyridine rings is 1. The van der Waals surface area contributed by atoms with Gasteiger partial charge in [-0.3, -0.25) is 9.59 Å². The maximum atomic E-state index is 13.3. The van der Waals surface area contributed by atoms with Crippen molar-refractivity contribution in [2.75, 3.05) is 26.3 Å². The molecule has 7 nitrogen and oxygen atoms in total. The molecule has 2 aromatic heterocycles. The summed E-state index contributed by atoms with van der Waals surface area (Å²) in [6.07, 6.45) is 1.81. The number of nitrogens with one attached hydrogen (secondary N) is 2. The van der Waals surface area contributed by atoms with Crippen LogP contribution in [0.5, 0.6) is 0 Å². The first-order valence-electron chi connectivity index (χ1n) is 10.4. The lowest BCUT2D eigenvalue weighted by molar-refractivity contribution is -0.196. The number of carbonyl (C=O) groups excluding carboxylic acids is 2. The summed E-state index contributed by atoms with van der Waals surface area (Å²) >= 11 is 12.4. The molecule has 2 fully saturated rings. The van der Waals surface area contributed by atoms with Crippen molar-refractivity contribution in [2.24, 2.45) is 5.41 Å². The summed E-state index contributed by atoms with van der Waals surface area (Å²) in [6, 6.07) is 8.36. The van der Waals surface area contributed by atoms with Gasteiger partial charge in [0, 0.05) is 36.1 Å². The van der Waals surface area contributed by atoms with E-state index < -0.39 is 6.04 Å². The molecule has 2 saturated heterocycles. The Hall–Kier alpha value is -2.61. The third-order valence-corrected chi connectivity index (χ3v) is 6.66. The number of halogens is 2. The Morgan fingerprint density at radius 2 is 2.03 bits per heavy atom. The lowest BCUT2D eigenvalue weighted by Gasteiger charge is -2.55. The van der Waals surface area contributed by atoms with E-state index in [4.69, 9.17) is 27.9 Å². The van der Waals surface area contributed by atoms with Crippen LogP contribution in [0.1, 0.15) is 21.6 Å². The molecule has 2 amide bonds. The number of fused-ring (bicyclic) bond motifs is 1. The van der Waals surface area contributed by atoms with Crippen LogP contribution in [0.15, 0.2) is 36.5 Å². The van der Waals surface area contributed by atoms with Crippen molar-refractivity contribution in [3.8, 4) is 0 Å². The SMILES string of the molecule is Cc1ccc(CC(NC(=O)c2cc3cc(Cl)cnc3[nH]2)C(=O)N2CC3(COC3)C2)c(Cl)c1. The van der Waals surface area contributed by atoms with Gasteiger partial charge in [-0.15, -0.1) is 0 Å². The highest BCUT2D eigenvalue weighted by Crippen LogP contribution is 2.38. The van der Waals surface area contributed by atoms with Crippen molar-refractivity contribution in [3.05, 3.63) is 63.4 Å².